The van der Waals surface area contributed by atoms with Crippen molar-refractivity contribution in [3.8, 4) is 0 Å². The van der Waals surface area contributed by atoms with Crippen LogP contribution in [0.5, 0.6) is 0 Å². The first-order chi connectivity index (χ1) is 15.4. The average molecular weight is 481 g/mol. The highest BCUT2D eigenvalue weighted by Gasteiger charge is 2.74. The van der Waals surface area contributed by atoms with Crippen LogP contribution in [0.2, 0.25) is 18.1 Å². The second-order valence-corrected chi connectivity index (χ2v) is 15.7. The largest absolute Gasteiger partial charge is 0.466 e. The summed E-state index contributed by atoms with van der Waals surface area (Å²) in [5, 5.41) is 0.0748. The molecule has 0 bridgehead atoms. The highest BCUT2D eigenvalue weighted by atomic mass is 28.4. The van der Waals surface area contributed by atoms with Crippen molar-refractivity contribution in [1.29, 1.82) is 0 Å². The van der Waals surface area contributed by atoms with Gasteiger partial charge < -0.3 is 13.9 Å². The summed E-state index contributed by atoms with van der Waals surface area (Å²) in [4.78, 5) is 36.7. The van der Waals surface area contributed by atoms with Crippen LogP contribution >= 0.6 is 0 Å². The third-order valence-electron chi connectivity index (χ3n) is 7.72. The lowest BCUT2D eigenvalue weighted by molar-refractivity contribution is -0.144. The molecule has 2 aliphatic rings. The minimum atomic E-state index is -2.01. The van der Waals surface area contributed by atoms with Gasteiger partial charge in [0.05, 0.1) is 19.3 Å². The van der Waals surface area contributed by atoms with Crippen molar-refractivity contribution in [2.45, 2.75) is 104 Å². The zero-order valence-corrected chi connectivity index (χ0v) is 22.7. The van der Waals surface area contributed by atoms with Gasteiger partial charge in [0.15, 0.2) is 8.32 Å². The fourth-order valence-electron chi connectivity index (χ4n) is 4.92. The van der Waals surface area contributed by atoms with Crippen LogP contribution in [-0.2, 0) is 28.3 Å². The van der Waals surface area contributed by atoms with E-state index in [0.717, 1.165) is 19.3 Å². The molecule has 0 aromatic carbocycles. The monoisotopic (exact) mass is 480 g/mol. The van der Waals surface area contributed by atoms with Gasteiger partial charge in [-0.3, -0.25) is 14.4 Å². The van der Waals surface area contributed by atoms with Crippen molar-refractivity contribution in [3.05, 3.63) is 12.2 Å². The molecular formula is C26H44O6Si. The summed E-state index contributed by atoms with van der Waals surface area (Å²) in [6, 6.07) is 0. The predicted octanol–water partition coefficient (Wildman–Crippen LogP) is 5.61. The summed E-state index contributed by atoms with van der Waals surface area (Å²) >= 11 is 0. The lowest BCUT2D eigenvalue weighted by Crippen LogP contribution is -2.44. The van der Waals surface area contributed by atoms with Crippen molar-refractivity contribution in [3.63, 3.8) is 0 Å². The fourth-order valence-corrected chi connectivity index (χ4v) is 6.26. The Hall–Kier alpha value is -1.47. The Morgan fingerprint density at radius 3 is 2.24 bits per heavy atom. The molecule has 0 spiro atoms. The molecule has 0 amide bonds. The van der Waals surface area contributed by atoms with Gasteiger partial charge in [-0.05, 0) is 63.6 Å². The molecule has 0 saturated heterocycles. The van der Waals surface area contributed by atoms with Crippen molar-refractivity contribution in [2.24, 2.45) is 17.3 Å². The Kier molecular flexibility index (Phi) is 9.51. The lowest BCUT2D eigenvalue weighted by atomic mass is 9.92. The number of hydrogen-bond acceptors (Lipinski definition) is 6. The summed E-state index contributed by atoms with van der Waals surface area (Å²) < 4.78 is 16.8. The summed E-state index contributed by atoms with van der Waals surface area (Å²) in [7, 11) is -2.01. The molecule has 188 valence electrons. The number of fused-ring (bicyclic) bond motifs is 1. The topological polar surface area (TPSA) is 78.9 Å². The molecule has 0 N–H and O–H groups in total. The maximum absolute atomic E-state index is 13.2. The maximum atomic E-state index is 13.2. The number of carbonyl (C=O) groups excluding carboxylic acids is 3. The average Bonchev–Trinajstić information content (AvgIpc) is 3.27. The van der Waals surface area contributed by atoms with Crippen LogP contribution in [0.4, 0.5) is 0 Å². The van der Waals surface area contributed by atoms with Crippen molar-refractivity contribution in [2.75, 3.05) is 13.2 Å². The maximum Gasteiger partial charge on any atom is 0.305 e. The molecule has 6 nitrogen and oxygen atoms in total. The standard InChI is InChI=1S/C26H44O6Si/c1-8-30-22(28)15-13-11-10-12-14-19-24-20(32-33(6,7)25(3,4)5)18-21(27)26(19,24)17-16-23(29)31-9-2/h12,14,19-20,24H,8-11,13,15-18H2,1-7H3/b14-12-/t19-,20+,24+,26-/m1/s1. The highest BCUT2D eigenvalue weighted by molar-refractivity contribution is 6.74. The van der Waals surface area contributed by atoms with Gasteiger partial charge in [-0.25, -0.2) is 0 Å². The van der Waals surface area contributed by atoms with E-state index in [2.05, 4.69) is 46.0 Å². The molecule has 0 aromatic heterocycles. The second-order valence-electron chi connectivity index (χ2n) is 10.9. The Labute approximate surface area is 200 Å². The number of hydrogen-bond donors (Lipinski definition) is 0. The van der Waals surface area contributed by atoms with Gasteiger partial charge in [0.25, 0.3) is 0 Å². The Morgan fingerprint density at radius 1 is 1.06 bits per heavy atom. The molecular weight excluding hydrogens is 436 g/mol. The number of ketones is 1. The third-order valence-corrected chi connectivity index (χ3v) is 12.2. The molecule has 2 aliphatic carbocycles. The molecule has 0 unspecified atom stereocenters. The molecule has 33 heavy (non-hydrogen) atoms. The summed E-state index contributed by atoms with van der Waals surface area (Å²) in [6.45, 7) is 15.5. The van der Waals surface area contributed by atoms with E-state index < -0.39 is 13.7 Å². The lowest BCUT2D eigenvalue weighted by Gasteiger charge is -2.38. The van der Waals surface area contributed by atoms with Gasteiger partial charge in [-0.2, -0.15) is 0 Å². The molecule has 7 heteroatoms. The molecule has 0 aliphatic heterocycles. The fraction of sp³-hybridized carbons (Fsp3) is 0.808. The van der Waals surface area contributed by atoms with Gasteiger partial charge in [-0.15, -0.1) is 0 Å². The molecule has 2 rings (SSSR count). The number of esters is 2. The normalized spacial score (nSPS) is 27.0. The van der Waals surface area contributed by atoms with E-state index in [1.54, 1.807) is 6.92 Å². The first-order valence-electron chi connectivity index (χ1n) is 12.6. The molecule has 4 atom stereocenters. The number of Topliss-reactive ketones (excluding diaryl/α,β-unsaturated/α-hetero) is 1. The first kappa shape index (κ1) is 27.8. The third kappa shape index (κ3) is 6.56. The van der Waals surface area contributed by atoms with Crippen molar-refractivity contribution < 1.29 is 28.3 Å². The minimum absolute atomic E-state index is 0.0703. The van der Waals surface area contributed by atoms with Gasteiger partial charge >= 0.3 is 11.9 Å². The van der Waals surface area contributed by atoms with E-state index in [9.17, 15) is 14.4 Å². The van der Waals surface area contributed by atoms with Crippen LogP contribution in [0.1, 0.15) is 79.6 Å². The van der Waals surface area contributed by atoms with E-state index in [4.69, 9.17) is 13.9 Å². The number of carbonyl (C=O) groups is 3. The smallest absolute Gasteiger partial charge is 0.305 e. The van der Waals surface area contributed by atoms with Crippen LogP contribution in [-0.4, -0.2) is 45.4 Å². The van der Waals surface area contributed by atoms with E-state index in [-0.39, 0.29) is 47.1 Å². The molecule has 2 fully saturated rings. The number of allylic oxidation sites excluding steroid dienone is 2. The van der Waals surface area contributed by atoms with E-state index >= 15 is 0 Å². The molecule has 2 saturated carbocycles. The summed E-state index contributed by atoms with van der Waals surface area (Å²) in [5.74, 6) is 0.114. The Morgan fingerprint density at radius 2 is 1.67 bits per heavy atom. The van der Waals surface area contributed by atoms with Crippen LogP contribution in [0.3, 0.4) is 0 Å². The van der Waals surface area contributed by atoms with Crippen LogP contribution in [0, 0.1) is 17.3 Å². The van der Waals surface area contributed by atoms with Crippen LogP contribution in [0.15, 0.2) is 12.2 Å². The number of unbranched alkanes of at least 4 members (excludes halogenated alkanes) is 2. The predicted molar refractivity (Wildman–Crippen MR) is 131 cm³/mol. The van der Waals surface area contributed by atoms with Gasteiger partial charge in [0.2, 0.25) is 0 Å². The minimum Gasteiger partial charge on any atom is -0.466 e. The van der Waals surface area contributed by atoms with E-state index in [1.807, 2.05) is 6.92 Å². The number of rotatable bonds is 13. The molecule has 0 radical (unpaired) electrons. The van der Waals surface area contributed by atoms with Gasteiger partial charge in [0.1, 0.15) is 5.78 Å². The van der Waals surface area contributed by atoms with E-state index in [0.29, 0.717) is 32.5 Å². The van der Waals surface area contributed by atoms with E-state index in [1.165, 1.54) is 0 Å². The zero-order chi connectivity index (χ0) is 24.9. The van der Waals surface area contributed by atoms with Gasteiger partial charge in [0, 0.05) is 30.6 Å². The van der Waals surface area contributed by atoms with Gasteiger partial charge in [-0.1, -0.05) is 32.9 Å². The Balaban J connectivity index is 2.04. The SMILES string of the molecule is CCOC(=O)CCCC/C=C\[C@@H]1[C@H]2[C@@H](O[Si](C)(C)C(C)(C)C)CC(=O)[C@]21CCC(=O)OCC. The first-order valence-corrected chi connectivity index (χ1v) is 15.5. The molecule has 0 aromatic rings. The highest BCUT2D eigenvalue weighted by Crippen LogP contribution is 2.70. The Bertz CT molecular complexity index is 738. The summed E-state index contributed by atoms with van der Waals surface area (Å²) in [5.41, 5.74) is -0.485. The zero-order valence-electron chi connectivity index (χ0n) is 21.7. The van der Waals surface area contributed by atoms with Crippen molar-refractivity contribution in [1.82, 2.24) is 0 Å². The van der Waals surface area contributed by atoms with Crippen LogP contribution < -0.4 is 0 Å². The summed E-state index contributed by atoms with van der Waals surface area (Å²) in [6.07, 6.45) is 8.48. The van der Waals surface area contributed by atoms with Crippen molar-refractivity contribution >= 4 is 26.0 Å². The molecule has 0 heterocycles. The van der Waals surface area contributed by atoms with Crippen LogP contribution in [0.25, 0.3) is 0 Å². The second kappa shape index (κ2) is 11.3. The number of ether oxygens (including phenoxy) is 2. The quantitative estimate of drug-likeness (QED) is 0.148.